The number of sulfone groups is 1. The molecule has 2 atom stereocenters. The van der Waals surface area contributed by atoms with Crippen molar-refractivity contribution < 1.29 is 22.8 Å². The van der Waals surface area contributed by atoms with Crippen molar-refractivity contribution >= 4 is 39.4 Å². The van der Waals surface area contributed by atoms with Gasteiger partial charge in [-0.05, 0) is 25.5 Å². The van der Waals surface area contributed by atoms with E-state index in [9.17, 15) is 22.8 Å². The topological polar surface area (TPSA) is 116 Å². The second kappa shape index (κ2) is 8.44. The van der Waals surface area contributed by atoms with Crippen LogP contribution in [0.3, 0.4) is 0 Å². The van der Waals surface area contributed by atoms with Gasteiger partial charge in [-0.1, -0.05) is 12.1 Å². The third-order valence-corrected chi connectivity index (χ3v) is 9.22. The summed E-state index contributed by atoms with van der Waals surface area (Å²) in [7, 11) is -2.93. The highest BCUT2D eigenvalue weighted by Gasteiger charge is 2.42. The van der Waals surface area contributed by atoms with E-state index in [1.807, 2.05) is 18.2 Å². The molecule has 0 aromatic heterocycles. The van der Waals surface area contributed by atoms with Crippen molar-refractivity contribution in [3.63, 3.8) is 0 Å². The highest BCUT2D eigenvalue weighted by atomic mass is 32.2. The molecule has 3 heterocycles. The van der Waals surface area contributed by atoms with Gasteiger partial charge in [-0.3, -0.25) is 19.8 Å². The van der Waals surface area contributed by atoms with Gasteiger partial charge in [0.25, 0.3) is 11.8 Å². The number of carbonyl (C=O) groups excluding carboxylic acids is 3. The van der Waals surface area contributed by atoms with Gasteiger partial charge in [-0.2, -0.15) is 0 Å². The third-order valence-electron chi connectivity index (χ3n) is 6.08. The van der Waals surface area contributed by atoms with Crippen molar-refractivity contribution in [1.82, 2.24) is 20.4 Å². The maximum atomic E-state index is 13.2. The third kappa shape index (κ3) is 4.73. The molecule has 3 aliphatic heterocycles. The summed E-state index contributed by atoms with van der Waals surface area (Å²) in [5.41, 5.74) is -0.455. The summed E-state index contributed by atoms with van der Waals surface area (Å²) in [6.07, 6.45) is 0.665. The van der Waals surface area contributed by atoms with E-state index in [-0.39, 0.29) is 29.4 Å². The molecule has 4 amide bonds. The Hall–Kier alpha value is -2.11. The van der Waals surface area contributed by atoms with E-state index in [2.05, 4.69) is 15.5 Å². The van der Waals surface area contributed by atoms with Gasteiger partial charge in [0.2, 0.25) is 0 Å². The van der Waals surface area contributed by atoms with E-state index in [0.29, 0.717) is 43.9 Å². The molecule has 3 saturated heterocycles. The molecule has 4 rings (SSSR count). The molecular formula is C20H26N4O5S2. The largest absolute Gasteiger partial charge is 0.336 e. The van der Waals surface area contributed by atoms with E-state index < -0.39 is 21.4 Å². The number of rotatable bonds is 5. The Morgan fingerprint density at radius 3 is 2.52 bits per heavy atom. The van der Waals surface area contributed by atoms with Crippen LogP contribution >= 0.6 is 11.8 Å². The Kier molecular flexibility index (Phi) is 6.01. The quantitative estimate of drug-likeness (QED) is 0.474. The lowest BCUT2D eigenvalue weighted by atomic mass is 10.1. The van der Waals surface area contributed by atoms with Crippen molar-refractivity contribution in [3.8, 4) is 0 Å². The fourth-order valence-corrected chi connectivity index (χ4v) is 7.09. The molecule has 3 fully saturated rings. The normalized spacial score (nSPS) is 28.4. The first-order valence-corrected chi connectivity index (χ1v) is 13.1. The van der Waals surface area contributed by atoms with Crippen molar-refractivity contribution in [3.05, 3.63) is 29.8 Å². The summed E-state index contributed by atoms with van der Waals surface area (Å²) < 4.78 is 23.5. The van der Waals surface area contributed by atoms with Gasteiger partial charge >= 0.3 is 6.03 Å². The zero-order valence-corrected chi connectivity index (χ0v) is 18.9. The van der Waals surface area contributed by atoms with Crippen LogP contribution in [0.2, 0.25) is 0 Å². The molecule has 0 bridgehead atoms. The first-order chi connectivity index (χ1) is 14.7. The van der Waals surface area contributed by atoms with Crippen LogP contribution in [0.25, 0.3) is 0 Å². The molecule has 0 spiro atoms. The predicted molar refractivity (Wildman–Crippen MR) is 117 cm³/mol. The van der Waals surface area contributed by atoms with E-state index in [4.69, 9.17) is 0 Å². The number of urea groups is 1. The minimum atomic E-state index is -2.93. The lowest BCUT2D eigenvalue weighted by Gasteiger charge is -2.37. The fraction of sp³-hybridized carbons (Fsp3) is 0.550. The molecule has 2 N–H and O–H groups in total. The van der Waals surface area contributed by atoms with Crippen molar-refractivity contribution in [2.24, 2.45) is 0 Å². The Morgan fingerprint density at radius 1 is 1.19 bits per heavy atom. The van der Waals surface area contributed by atoms with Crippen LogP contribution in [-0.4, -0.2) is 91.1 Å². The zero-order valence-electron chi connectivity index (χ0n) is 17.3. The molecule has 0 unspecified atom stereocenters. The number of hydrogen-bond donors (Lipinski definition) is 2. The molecule has 3 aliphatic rings. The number of hydrogen-bond acceptors (Lipinski definition) is 7. The van der Waals surface area contributed by atoms with Gasteiger partial charge in [-0.15, -0.1) is 11.8 Å². The first kappa shape index (κ1) is 22.1. The van der Waals surface area contributed by atoms with Gasteiger partial charge < -0.3 is 10.2 Å². The average molecular weight is 467 g/mol. The number of piperazine rings is 1. The smallest absolute Gasteiger partial charge is 0.322 e. The number of nitrogens with zero attached hydrogens (tertiary/aromatic N) is 2. The van der Waals surface area contributed by atoms with Gasteiger partial charge in [0, 0.05) is 42.9 Å². The highest BCUT2D eigenvalue weighted by Crippen LogP contribution is 2.29. The summed E-state index contributed by atoms with van der Waals surface area (Å²) in [6, 6.07) is 6.81. The van der Waals surface area contributed by atoms with Gasteiger partial charge in [-0.25, -0.2) is 13.2 Å². The van der Waals surface area contributed by atoms with Gasteiger partial charge in [0.05, 0.1) is 17.1 Å². The summed E-state index contributed by atoms with van der Waals surface area (Å²) in [4.78, 5) is 41.4. The molecule has 31 heavy (non-hydrogen) atoms. The van der Waals surface area contributed by atoms with Crippen LogP contribution < -0.4 is 10.6 Å². The number of benzene rings is 1. The minimum Gasteiger partial charge on any atom is -0.336 e. The Bertz CT molecular complexity index is 1010. The second-order valence-corrected chi connectivity index (χ2v) is 11.7. The van der Waals surface area contributed by atoms with Crippen LogP contribution in [0.5, 0.6) is 0 Å². The van der Waals surface area contributed by atoms with Crippen molar-refractivity contribution in [1.29, 1.82) is 0 Å². The first-order valence-electron chi connectivity index (χ1n) is 10.3. The molecule has 168 valence electrons. The fourth-order valence-electron chi connectivity index (χ4n) is 4.20. The van der Waals surface area contributed by atoms with Crippen LogP contribution in [0.15, 0.2) is 29.2 Å². The van der Waals surface area contributed by atoms with E-state index in [1.54, 1.807) is 17.9 Å². The summed E-state index contributed by atoms with van der Waals surface area (Å²) in [6.45, 7) is 4.07. The molecule has 9 nitrogen and oxygen atoms in total. The molecule has 11 heteroatoms. The van der Waals surface area contributed by atoms with E-state index >= 15 is 0 Å². The lowest BCUT2D eigenvalue weighted by Crippen LogP contribution is -2.52. The maximum absolute atomic E-state index is 13.2. The summed E-state index contributed by atoms with van der Waals surface area (Å²) in [5.74, 6) is 0.312. The Morgan fingerprint density at radius 2 is 1.90 bits per heavy atom. The minimum absolute atomic E-state index is 0.0543. The number of carbonyl (C=O) groups is 3. The van der Waals surface area contributed by atoms with Gasteiger partial charge in [0.15, 0.2) is 9.84 Å². The summed E-state index contributed by atoms with van der Waals surface area (Å²) in [5, 5.41) is 4.88. The molecule has 0 aliphatic carbocycles. The Balaban J connectivity index is 1.38. The lowest BCUT2D eigenvalue weighted by molar-refractivity contribution is -0.122. The van der Waals surface area contributed by atoms with Crippen LogP contribution in [0.1, 0.15) is 23.7 Å². The SMILES string of the molecule is C[C@]1(CSc2ccccc2C(=O)N2CCN([C@@H]3CCS(=O)(=O)C3)CC2)NC(=O)NC1=O. The average Bonchev–Trinajstić information content (AvgIpc) is 3.23. The van der Waals surface area contributed by atoms with Crippen LogP contribution in [-0.2, 0) is 14.6 Å². The molecule has 1 aromatic rings. The van der Waals surface area contributed by atoms with Gasteiger partial charge in [0.1, 0.15) is 5.54 Å². The number of imide groups is 1. The highest BCUT2D eigenvalue weighted by molar-refractivity contribution is 7.99. The van der Waals surface area contributed by atoms with E-state index in [0.717, 1.165) is 4.90 Å². The predicted octanol–water partition coefficient (Wildman–Crippen LogP) is 0.322. The zero-order chi connectivity index (χ0) is 22.2. The number of amides is 4. The molecular weight excluding hydrogens is 440 g/mol. The maximum Gasteiger partial charge on any atom is 0.322 e. The standard InChI is InChI=1S/C20H26N4O5S2/c1-20(18(26)21-19(27)22-20)13-30-16-5-3-2-4-15(16)17(25)24-9-7-23(8-10-24)14-6-11-31(28,29)12-14/h2-5,14H,6-13H2,1H3,(H2,21,22,26,27)/t14-,20-/m1/s1. The van der Waals surface area contributed by atoms with Crippen LogP contribution in [0.4, 0.5) is 4.79 Å². The molecule has 0 radical (unpaired) electrons. The Labute approximate surface area is 185 Å². The van der Waals surface area contributed by atoms with E-state index in [1.165, 1.54) is 11.8 Å². The number of thioether (sulfide) groups is 1. The monoisotopic (exact) mass is 466 g/mol. The summed E-state index contributed by atoms with van der Waals surface area (Å²) >= 11 is 1.36. The molecule has 1 aromatic carbocycles. The van der Waals surface area contributed by atoms with Crippen molar-refractivity contribution in [2.75, 3.05) is 43.4 Å². The number of nitrogens with one attached hydrogen (secondary N) is 2. The van der Waals surface area contributed by atoms with Crippen molar-refractivity contribution in [2.45, 2.75) is 29.8 Å². The molecule has 0 saturated carbocycles. The van der Waals surface area contributed by atoms with Crippen LogP contribution in [0, 0.1) is 0 Å². The second-order valence-electron chi connectivity index (χ2n) is 8.41.